The van der Waals surface area contributed by atoms with Crippen LogP contribution >= 0.6 is 0 Å². The zero-order valence-electron chi connectivity index (χ0n) is 9.14. The van der Waals surface area contributed by atoms with E-state index in [4.69, 9.17) is 9.26 Å². The fourth-order valence-corrected chi connectivity index (χ4v) is 1.37. The molecule has 0 saturated heterocycles. The van der Waals surface area contributed by atoms with Gasteiger partial charge in [0.15, 0.2) is 11.5 Å². The molecular weight excluding hydrogens is 225 g/mol. The summed E-state index contributed by atoms with van der Waals surface area (Å²) in [5.74, 6) is 0.0674. The number of ether oxygens (including phenoxy) is 1. The van der Waals surface area contributed by atoms with Gasteiger partial charge in [0.2, 0.25) is 0 Å². The topological polar surface area (TPSA) is 52.3 Å². The first kappa shape index (κ1) is 11.3. The fraction of sp³-hybridized carbons (Fsp3) is 0.167. The molecule has 0 aliphatic rings. The van der Waals surface area contributed by atoms with E-state index in [-0.39, 0.29) is 18.1 Å². The molecule has 2 rings (SSSR count). The molecule has 0 amide bonds. The van der Waals surface area contributed by atoms with Crippen molar-refractivity contribution in [2.45, 2.75) is 13.5 Å². The molecule has 2 aromatic rings. The van der Waals surface area contributed by atoms with Gasteiger partial charge in [0, 0.05) is 12.1 Å². The van der Waals surface area contributed by atoms with Gasteiger partial charge in [0.1, 0.15) is 18.2 Å². The molecule has 0 radical (unpaired) electrons. The number of carbonyl (C=O) groups is 1. The van der Waals surface area contributed by atoms with Gasteiger partial charge < -0.3 is 9.26 Å². The van der Waals surface area contributed by atoms with Gasteiger partial charge in [0.25, 0.3) is 0 Å². The van der Waals surface area contributed by atoms with Crippen molar-refractivity contribution in [2.24, 2.45) is 0 Å². The van der Waals surface area contributed by atoms with Crippen LogP contribution in [0.2, 0.25) is 0 Å². The van der Waals surface area contributed by atoms with E-state index < -0.39 is 5.82 Å². The van der Waals surface area contributed by atoms with Crippen LogP contribution < -0.4 is 4.74 Å². The first-order valence-corrected chi connectivity index (χ1v) is 4.99. The van der Waals surface area contributed by atoms with E-state index in [9.17, 15) is 9.18 Å². The molecule has 0 unspecified atom stereocenters. The van der Waals surface area contributed by atoms with Gasteiger partial charge in [-0.25, -0.2) is 4.39 Å². The standard InChI is InChI=1S/C12H10FNO3/c1-8(15)11-3-2-9(13)6-12(11)16-7-10-4-5-14-17-10/h2-6H,7H2,1H3. The van der Waals surface area contributed by atoms with E-state index in [0.717, 1.165) is 0 Å². The average molecular weight is 235 g/mol. The van der Waals surface area contributed by atoms with E-state index in [0.29, 0.717) is 11.3 Å². The number of hydrogen-bond donors (Lipinski definition) is 0. The Morgan fingerprint density at radius 3 is 2.94 bits per heavy atom. The second-order valence-electron chi connectivity index (χ2n) is 3.46. The molecule has 1 heterocycles. The minimum absolute atomic E-state index is 0.101. The van der Waals surface area contributed by atoms with Crippen molar-refractivity contribution in [1.29, 1.82) is 0 Å². The Morgan fingerprint density at radius 2 is 2.29 bits per heavy atom. The lowest BCUT2D eigenvalue weighted by molar-refractivity contribution is 0.101. The van der Waals surface area contributed by atoms with Gasteiger partial charge in [-0.2, -0.15) is 0 Å². The third kappa shape index (κ3) is 2.69. The molecule has 0 spiro atoms. The van der Waals surface area contributed by atoms with Crippen LogP contribution in [0.5, 0.6) is 5.75 Å². The summed E-state index contributed by atoms with van der Waals surface area (Å²) in [6.45, 7) is 1.50. The van der Waals surface area contributed by atoms with Crippen LogP contribution in [0.15, 0.2) is 35.0 Å². The third-order valence-electron chi connectivity index (χ3n) is 2.18. The number of halogens is 1. The molecule has 0 saturated carbocycles. The maximum absolute atomic E-state index is 13.0. The van der Waals surface area contributed by atoms with Crippen molar-refractivity contribution in [3.05, 3.63) is 47.6 Å². The highest BCUT2D eigenvalue weighted by Gasteiger charge is 2.10. The second kappa shape index (κ2) is 4.78. The number of ketones is 1. The van der Waals surface area contributed by atoms with Gasteiger partial charge in [-0.3, -0.25) is 4.79 Å². The number of benzene rings is 1. The summed E-state index contributed by atoms with van der Waals surface area (Å²) >= 11 is 0. The van der Waals surface area contributed by atoms with E-state index in [2.05, 4.69) is 5.16 Å². The van der Waals surface area contributed by atoms with Gasteiger partial charge in [-0.05, 0) is 19.1 Å². The molecule has 4 nitrogen and oxygen atoms in total. The van der Waals surface area contributed by atoms with Gasteiger partial charge in [-0.15, -0.1) is 0 Å². The SMILES string of the molecule is CC(=O)c1ccc(F)cc1OCc1ccno1. The van der Waals surface area contributed by atoms with E-state index in [1.807, 2.05) is 0 Å². The summed E-state index contributed by atoms with van der Waals surface area (Å²) in [4.78, 5) is 11.3. The van der Waals surface area contributed by atoms with Crippen LogP contribution in [0.1, 0.15) is 23.0 Å². The van der Waals surface area contributed by atoms with Gasteiger partial charge >= 0.3 is 0 Å². The average Bonchev–Trinajstić information content (AvgIpc) is 2.78. The molecule has 0 bridgehead atoms. The summed E-state index contributed by atoms with van der Waals surface area (Å²) in [5, 5.41) is 3.51. The number of hydrogen-bond acceptors (Lipinski definition) is 4. The van der Waals surface area contributed by atoms with Crippen molar-refractivity contribution in [1.82, 2.24) is 5.16 Å². The van der Waals surface area contributed by atoms with Crippen LogP contribution in [0.4, 0.5) is 4.39 Å². The van der Waals surface area contributed by atoms with Gasteiger partial charge in [0.05, 0.1) is 11.8 Å². The Hall–Kier alpha value is -2.17. The quantitative estimate of drug-likeness (QED) is 0.764. The molecule has 1 aromatic carbocycles. The molecule has 0 aliphatic carbocycles. The predicted octanol–water partition coefficient (Wildman–Crippen LogP) is 2.60. The number of Topliss-reactive ketones (excluding diaryl/α,β-unsaturated/α-hetero) is 1. The minimum Gasteiger partial charge on any atom is -0.485 e. The Kier molecular flexibility index (Phi) is 3.18. The highest BCUT2D eigenvalue weighted by molar-refractivity contribution is 5.96. The van der Waals surface area contributed by atoms with Crippen molar-refractivity contribution >= 4 is 5.78 Å². The lowest BCUT2D eigenvalue weighted by atomic mass is 10.1. The molecule has 88 valence electrons. The maximum Gasteiger partial charge on any atom is 0.174 e. The van der Waals surface area contributed by atoms with E-state index >= 15 is 0 Å². The fourth-order valence-electron chi connectivity index (χ4n) is 1.37. The molecule has 0 aliphatic heterocycles. The zero-order chi connectivity index (χ0) is 12.3. The summed E-state index contributed by atoms with van der Waals surface area (Å²) in [5.41, 5.74) is 0.339. The van der Waals surface area contributed by atoms with Crippen LogP contribution in [-0.4, -0.2) is 10.9 Å². The Bertz CT molecular complexity index is 523. The number of carbonyl (C=O) groups excluding carboxylic acids is 1. The first-order valence-electron chi connectivity index (χ1n) is 4.99. The molecule has 1 aromatic heterocycles. The largest absolute Gasteiger partial charge is 0.485 e. The van der Waals surface area contributed by atoms with Crippen molar-refractivity contribution < 1.29 is 18.4 Å². The number of aromatic nitrogens is 1. The highest BCUT2D eigenvalue weighted by Crippen LogP contribution is 2.21. The molecule has 0 fully saturated rings. The van der Waals surface area contributed by atoms with Gasteiger partial charge in [-0.1, -0.05) is 5.16 Å². The molecule has 0 atom stereocenters. The first-order chi connectivity index (χ1) is 8.16. The van der Waals surface area contributed by atoms with Crippen LogP contribution in [-0.2, 0) is 6.61 Å². The monoisotopic (exact) mass is 235 g/mol. The summed E-state index contributed by atoms with van der Waals surface area (Å²) in [6, 6.07) is 5.42. The molecule has 0 N–H and O–H groups in total. The summed E-state index contributed by atoms with van der Waals surface area (Å²) in [7, 11) is 0. The second-order valence-corrected chi connectivity index (χ2v) is 3.46. The Morgan fingerprint density at radius 1 is 1.47 bits per heavy atom. The van der Waals surface area contributed by atoms with Crippen LogP contribution in [0.3, 0.4) is 0 Å². The highest BCUT2D eigenvalue weighted by atomic mass is 19.1. The number of rotatable bonds is 4. The van der Waals surface area contributed by atoms with E-state index in [1.165, 1.54) is 31.3 Å². The Balaban J connectivity index is 2.19. The van der Waals surface area contributed by atoms with E-state index in [1.54, 1.807) is 6.07 Å². The lowest BCUT2D eigenvalue weighted by Crippen LogP contribution is -2.01. The van der Waals surface area contributed by atoms with Crippen molar-refractivity contribution in [3.63, 3.8) is 0 Å². The van der Waals surface area contributed by atoms with Crippen LogP contribution in [0, 0.1) is 5.82 Å². The molecular formula is C12H10FNO3. The van der Waals surface area contributed by atoms with Crippen LogP contribution in [0.25, 0.3) is 0 Å². The normalized spacial score (nSPS) is 10.2. The predicted molar refractivity (Wildman–Crippen MR) is 57.2 cm³/mol. The number of nitrogens with zero attached hydrogens (tertiary/aromatic N) is 1. The zero-order valence-corrected chi connectivity index (χ0v) is 9.14. The molecule has 5 heteroatoms. The third-order valence-corrected chi connectivity index (χ3v) is 2.18. The smallest absolute Gasteiger partial charge is 0.174 e. The summed E-state index contributed by atoms with van der Waals surface area (Å²) in [6.07, 6.45) is 1.48. The maximum atomic E-state index is 13.0. The van der Waals surface area contributed by atoms with Crippen molar-refractivity contribution in [3.8, 4) is 5.75 Å². The molecule has 17 heavy (non-hydrogen) atoms. The van der Waals surface area contributed by atoms with Crippen molar-refractivity contribution in [2.75, 3.05) is 0 Å². The lowest BCUT2D eigenvalue weighted by Gasteiger charge is -2.08. The Labute approximate surface area is 97.0 Å². The summed E-state index contributed by atoms with van der Waals surface area (Å²) < 4.78 is 23.2. The minimum atomic E-state index is -0.456.